The van der Waals surface area contributed by atoms with Crippen LogP contribution in [-0.4, -0.2) is 45.3 Å². The Morgan fingerprint density at radius 1 is 0.759 bits per heavy atom. The summed E-state index contributed by atoms with van der Waals surface area (Å²) < 4.78 is 6.11. The first kappa shape index (κ1) is 24.2. The topological polar surface area (TPSA) is 136 Å². The highest BCUT2D eigenvalue weighted by Gasteiger charge is 2.33. The van der Waals surface area contributed by atoms with E-state index < -0.39 is 24.8 Å². The van der Waals surface area contributed by atoms with Gasteiger partial charge in [0.2, 0.25) is 0 Å². The van der Waals surface area contributed by atoms with Gasteiger partial charge in [0.05, 0.1) is 0 Å². The molecule has 0 fully saturated rings. The van der Waals surface area contributed by atoms with Gasteiger partial charge in [-0.2, -0.15) is 0 Å². The summed E-state index contributed by atoms with van der Waals surface area (Å²) in [5.41, 5.74) is -0.596. The van der Waals surface area contributed by atoms with Crippen molar-refractivity contribution >= 4 is 81.4 Å². The molecule has 2 amide bonds. The molecule has 2 aromatic rings. The molecule has 2 heterocycles. The zero-order valence-electron chi connectivity index (χ0n) is 14.6. The second-order valence-corrected chi connectivity index (χ2v) is 10.9. The fraction of sp³-hybridized carbons (Fsp3) is 0.538. The highest BCUT2D eigenvalue weighted by molar-refractivity contribution is 6.66. The summed E-state index contributed by atoms with van der Waals surface area (Å²) in [7, 11) is 0. The Hall–Kier alpha value is -1.04. The molecule has 0 atom stereocenters. The van der Waals surface area contributed by atoms with E-state index in [1.807, 2.05) is 0 Å². The van der Waals surface area contributed by atoms with E-state index in [0.717, 1.165) is 0 Å². The molecule has 0 saturated carbocycles. The van der Waals surface area contributed by atoms with E-state index in [9.17, 15) is 9.59 Å². The molecular weight excluding hydrogens is 517 g/mol. The van der Waals surface area contributed by atoms with Crippen LogP contribution in [-0.2, 0) is 7.59 Å². The summed E-state index contributed by atoms with van der Waals surface area (Å²) in [6, 6.07) is 0. The van der Waals surface area contributed by atoms with Crippen molar-refractivity contribution in [1.29, 1.82) is 0 Å². The highest BCUT2D eigenvalue weighted by atomic mass is 35.6. The van der Waals surface area contributed by atoms with E-state index in [0.29, 0.717) is 0 Å². The van der Waals surface area contributed by atoms with E-state index in [1.54, 1.807) is 13.8 Å². The van der Waals surface area contributed by atoms with Gasteiger partial charge in [0, 0.05) is 13.1 Å². The zero-order chi connectivity index (χ0) is 22.0. The van der Waals surface area contributed by atoms with Crippen molar-refractivity contribution in [2.75, 3.05) is 13.1 Å². The van der Waals surface area contributed by atoms with Gasteiger partial charge in [-0.15, -0.1) is 20.4 Å². The van der Waals surface area contributed by atoms with Crippen LogP contribution in [0.1, 0.15) is 47.0 Å². The minimum Gasteiger partial charge on any atom is -0.412 e. The Kier molecular flexibility index (Phi) is 7.51. The van der Waals surface area contributed by atoms with Gasteiger partial charge in [-0.05, 0) is 5.41 Å². The van der Waals surface area contributed by atoms with Crippen LogP contribution in [0.5, 0.6) is 0 Å². The van der Waals surface area contributed by atoms with Gasteiger partial charge in [-0.3, -0.25) is 9.59 Å². The largest absolute Gasteiger partial charge is 0.412 e. The van der Waals surface area contributed by atoms with Crippen molar-refractivity contribution in [2.24, 2.45) is 5.41 Å². The summed E-state index contributed by atoms with van der Waals surface area (Å²) in [6.45, 7) is 3.80. The summed E-state index contributed by atoms with van der Waals surface area (Å²) in [5.74, 6) is -2.79. The second kappa shape index (κ2) is 8.99. The number of halogens is 6. The molecule has 0 aliphatic carbocycles. The van der Waals surface area contributed by atoms with Gasteiger partial charge in [-0.25, -0.2) is 0 Å². The predicted molar refractivity (Wildman–Crippen MR) is 106 cm³/mol. The molecule has 2 N–H and O–H groups in total. The lowest BCUT2D eigenvalue weighted by atomic mass is 9.93. The normalized spacial score (nSPS) is 12.7. The van der Waals surface area contributed by atoms with Gasteiger partial charge in [0.1, 0.15) is 0 Å². The Morgan fingerprint density at radius 2 is 1.10 bits per heavy atom. The fourth-order valence-corrected chi connectivity index (χ4v) is 2.17. The van der Waals surface area contributed by atoms with Crippen LogP contribution >= 0.6 is 69.6 Å². The van der Waals surface area contributed by atoms with Crippen LogP contribution in [0.25, 0.3) is 0 Å². The Bertz CT molecular complexity index is 817. The molecule has 0 aliphatic rings. The lowest BCUT2D eigenvalue weighted by molar-refractivity contribution is 0.0881. The molecule has 29 heavy (non-hydrogen) atoms. The van der Waals surface area contributed by atoms with Crippen LogP contribution < -0.4 is 10.6 Å². The average Bonchev–Trinajstić information content (AvgIpc) is 3.26. The Labute approximate surface area is 193 Å². The first-order valence-corrected chi connectivity index (χ1v) is 9.84. The number of nitrogens with zero attached hydrogens (tertiary/aromatic N) is 4. The number of aromatic nitrogens is 4. The number of alkyl halides is 6. The van der Waals surface area contributed by atoms with Crippen LogP contribution in [0.15, 0.2) is 8.83 Å². The van der Waals surface area contributed by atoms with E-state index in [-0.39, 0.29) is 36.7 Å². The molecule has 160 valence electrons. The SMILES string of the molecule is CC(C)(CNC(=O)c1nnc(C(Cl)(Cl)Cl)o1)CNC(=O)c1nnc(C(Cl)(Cl)Cl)o1. The highest BCUT2D eigenvalue weighted by Crippen LogP contribution is 2.37. The summed E-state index contributed by atoms with van der Waals surface area (Å²) >= 11 is 33.6. The third-order valence-electron chi connectivity index (χ3n) is 3.18. The first-order chi connectivity index (χ1) is 13.2. The fourth-order valence-electron chi connectivity index (χ4n) is 1.71. The summed E-state index contributed by atoms with van der Waals surface area (Å²) in [5, 5.41) is 19.1. The number of rotatable bonds is 6. The number of carbonyl (C=O) groups is 2. The number of hydrogen-bond donors (Lipinski definition) is 2. The monoisotopic (exact) mass is 526 g/mol. The molecule has 2 rings (SSSR count). The van der Waals surface area contributed by atoms with E-state index in [1.165, 1.54) is 0 Å². The molecule has 10 nitrogen and oxygen atoms in total. The molecule has 0 saturated heterocycles. The molecule has 16 heteroatoms. The number of carbonyl (C=O) groups excluding carboxylic acids is 2. The molecule has 2 aromatic heterocycles. The summed E-state index contributed by atoms with van der Waals surface area (Å²) in [4.78, 5) is 24.2. The van der Waals surface area contributed by atoms with Crippen molar-refractivity contribution in [3.8, 4) is 0 Å². The van der Waals surface area contributed by atoms with Crippen molar-refractivity contribution in [1.82, 2.24) is 31.0 Å². The van der Waals surface area contributed by atoms with Gasteiger partial charge in [0.25, 0.3) is 19.4 Å². The molecule has 0 radical (unpaired) electrons. The predicted octanol–water partition coefficient (Wildman–Crippen LogP) is 3.29. The maximum atomic E-state index is 12.1. The molecule has 0 spiro atoms. The van der Waals surface area contributed by atoms with Crippen molar-refractivity contribution in [3.05, 3.63) is 23.6 Å². The standard InChI is InChI=1S/C13H12Cl6N6O4/c1-11(2,3-20-5(26)7-22-24-9(28-7)12(14,15)16)4-21-6(27)8-23-25-10(29-8)13(17,18)19/h3-4H2,1-2H3,(H,20,26)(H,21,27). The molecule has 0 unspecified atom stereocenters. The smallest absolute Gasteiger partial charge is 0.308 e. The van der Waals surface area contributed by atoms with Gasteiger partial charge in [0.15, 0.2) is 0 Å². The molecule has 0 bridgehead atoms. The molecular formula is C13H12Cl6N6O4. The van der Waals surface area contributed by atoms with Crippen LogP contribution in [0, 0.1) is 5.41 Å². The van der Waals surface area contributed by atoms with Gasteiger partial charge >= 0.3 is 23.6 Å². The maximum Gasteiger partial charge on any atom is 0.308 e. The lowest BCUT2D eigenvalue weighted by Gasteiger charge is -2.24. The van der Waals surface area contributed by atoms with E-state index in [2.05, 4.69) is 31.0 Å². The quantitative estimate of drug-likeness (QED) is 0.545. The lowest BCUT2D eigenvalue weighted by Crippen LogP contribution is -2.42. The van der Waals surface area contributed by atoms with Crippen molar-refractivity contribution in [2.45, 2.75) is 21.4 Å². The van der Waals surface area contributed by atoms with E-state index in [4.69, 9.17) is 78.4 Å². The third kappa shape index (κ3) is 7.01. The van der Waals surface area contributed by atoms with Crippen LogP contribution in [0.2, 0.25) is 0 Å². The maximum absolute atomic E-state index is 12.1. The second-order valence-electron chi connectivity index (χ2n) is 6.35. The van der Waals surface area contributed by atoms with Crippen LogP contribution in [0.4, 0.5) is 0 Å². The Balaban J connectivity index is 1.88. The van der Waals surface area contributed by atoms with Gasteiger partial charge < -0.3 is 19.5 Å². The van der Waals surface area contributed by atoms with E-state index >= 15 is 0 Å². The minimum absolute atomic E-state index is 0.126. The van der Waals surface area contributed by atoms with Crippen molar-refractivity contribution < 1.29 is 18.4 Å². The minimum atomic E-state index is -1.94. The number of nitrogens with one attached hydrogen (secondary N) is 2. The molecule has 0 aliphatic heterocycles. The Morgan fingerprint density at radius 3 is 1.38 bits per heavy atom. The number of amides is 2. The third-order valence-corrected chi connectivity index (χ3v) is 4.15. The average molecular weight is 529 g/mol. The number of hydrogen-bond acceptors (Lipinski definition) is 8. The van der Waals surface area contributed by atoms with Crippen molar-refractivity contribution in [3.63, 3.8) is 0 Å². The zero-order valence-corrected chi connectivity index (χ0v) is 19.1. The van der Waals surface area contributed by atoms with Crippen LogP contribution in [0.3, 0.4) is 0 Å². The molecule has 0 aromatic carbocycles. The summed E-state index contributed by atoms with van der Waals surface area (Å²) in [6.07, 6.45) is 0. The van der Waals surface area contributed by atoms with Gasteiger partial charge in [-0.1, -0.05) is 83.5 Å². The first-order valence-electron chi connectivity index (χ1n) is 7.57.